The minimum atomic E-state index is -0.202. The van der Waals surface area contributed by atoms with Crippen molar-refractivity contribution in [1.29, 1.82) is 0 Å². The molecule has 2 aromatic carbocycles. The normalized spacial score (nSPS) is 15.7. The standard InChI is InChI=1S/C23H23N3O2/c1-3-13-24-20(27)12-14-26-22(16-8-4-5-9-17(16)23(26)28)21-15(2)25-19-11-7-6-10-18(19)21/h3-11,22,25H,1,12-14H2,2H3,(H,24,27). The molecule has 0 fully saturated rings. The van der Waals surface area contributed by atoms with Gasteiger partial charge in [0.1, 0.15) is 0 Å². The molecule has 5 nitrogen and oxygen atoms in total. The molecule has 2 N–H and O–H groups in total. The van der Waals surface area contributed by atoms with E-state index in [2.05, 4.69) is 22.9 Å². The predicted molar refractivity (Wildman–Crippen MR) is 110 cm³/mol. The Morgan fingerprint density at radius 1 is 1.21 bits per heavy atom. The van der Waals surface area contributed by atoms with Crippen molar-refractivity contribution < 1.29 is 9.59 Å². The fourth-order valence-corrected chi connectivity index (χ4v) is 4.06. The largest absolute Gasteiger partial charge is 0.358 e. The molecule has 1 aliphatic rings. The highest BCUT2D eigenvalue weighted by Gasteiger charge is 2.39. The van der Waals surface area contributed by atoms with Crippen LogP contribution in [-0.2, 0) is 4.79 Å². The van der Waals surface area contributed by atoms with Crippen LogP contribution in [0.4, 0.5) is 0 Å². The van der Waals surface area contributed by atoms with Gasteiger partial charge in [-0.25, -0.2) is 0 Å². The number of nitrogens with one attached hydrogen (secondary N) is 2. The number of hydrogen-bond donors (Lipinski definition) is 2. The Morgan fingerprint density at radius 2 is 1.96 bits per heavy atom. The van der Waals surface area contributed by atoms with Gasteiger partial charge in [-0.05, 0) is 24.6 Å². The summed E-state index contributed by atoms with van der Waals surface area (Å²) < 4.78 is 0. The highest BCUT2D eigenvalue weighted by atomic mass is 16.2. The van der Waals surface area contributed by atoms with E-state index in [1.54, 1.807) is 6.08 Å². The van der Waals surface area contributed by atoms with Gasteiger partial charge in [0.25, 0.3) is 5.91 Å². The molecule has 1 unspecified atom stereocenters. The number of aromatic nitrogens is 1. The lowest BCUT2D eigenvalue weighted by molar-refractivity contribution is -0.121. The zero-order valence-electron chi connectivity index (χ0n) is 15.9. The molecular formula is C23H23N3O2. The first-order valence-electron chi connectivity index (χ1n) is 9.46. The minimum absolute atomic E-state index is 0.0261. The van der Waals surface area contributed by atoms with E-state index in [1.807, 2.05) is 54.3 Å². The van der Waals surface area contributed by atoms with Crippen molar-refractivity contribution in [3.05, 3.63) is 83.6 Å². The lowest BCUT2D eigenvalue weighted by atomic mass is 9.95. The van der Waals surface area contributed by atoms with Crippen LogP contribution in [0.5, 0.6) is 0 Å². The Labute approximate surface area is 164 Å². The molecule has 0 aliphatic carbocycles. The van der Waals surface area contributed by atoms with Crippen LogP contribution in [-0.4, -0.2) is 34.8 Å². The molecule has 2 heterocycles. The summed E-state index contributed by atoms with van der Waals surface area (Å²) in [6, 6.07) is 15.7. The van der Waals surface area contributed by atoms with E-state index in [4.69, 9.17) is 0 Å². The van der Waals surface area contributed by atoms with E-state index >= 15 is 0 Å². The predicted octanol–water partition coefficient (Wildman–Crippen LogP) is 3.71. The molecule has 3 aromatic rings. The molecular weight excluding hydrogens is 350 g/mol. The van der Waals surface area contributed by atoms with Crippen LogP contribution in [0.15, 0.2) is 61.2 Å². The van der Waals surface area contributed by atoms with Crippen LogP contribution in [0.1, 0.15) is 39.6 Å². The second kappa shape index (κ2) is 7.35. The Kier molecular flexibility index (Phi) is 4.74. The highest BCUT2D eigenvalue weighted by Crippen LogP contribution is 2.42. The molecule has 142 valence electrons. The Hall–Kier alpha value is -3.34. The smallest absolute Gasteiger partial charge is 0.255 e. The van der Waals surface area contributed by atoms with Gasteiger partial charge < -0.3 is 15.2 Å². The highest BCUT2D eigenvalue weighted by molar-refractivity contribution is 6.01. The van der Waals surface area contributed by atoms with Crippen molar-refractivity contribution in [3.63, 3.8) is 0 Å². The Balaban J connectivity index is 1.75. The van der Waals surface area contributed by atoms with Gasteiger partial charge in [-0.1, -0.05) is 42.5 Å². The van der Waals surface area contributed by atoms with Crippen molar-refractivity contribution in [2.24, 2.45) is 0 Å². The van der Waals surface area contributed by atoms with E-state index in [1.165, 1.54) is 0 Å². The summed E-state index contributed by atoms with van der Waals surface area (Å²) in [4.78, 5) is 30.5. The fraction of sp³-hybridized carbons (Fsp3) is 0.217. The van der Waals surface area contributed by atoms with Crippen molar-refractivity contribution in [3.8, 4) is 0 Å². The van der Waals surface area contributed by atoms with Crippen molar-refractivity contribution >= 4 is 22.7 Å². The summed E-state index contributed by atoms with van der Waals surface area (Å²) in [5, 5.41) is 3.89. The average molecular weight is 373 g/mol. The average Bonchev–Trinajstić information content (AvgIpc) is 3.18. The third-order valence-corrected chi connectivity index (χ3v) is 5.30. The number of carbonyl (C=O) groups excluding carboxylic acids is 2. The first-order valence-corrected chi connectivity index (χ1v) is 9.46. The zero-order chi connectivity index (χ0) is 19.7. The molecule has 0 radical (unpaired) electrons. The van der Waals surface area contributed by atoms with Gasteiger partial charge in [0.05, 0.1) is 6.04 Å². The first-order chi connectivity index (χ1) is 13.6. The number of fused-ring (bicyclic) bond motifs is 2. The number of rotatable bonds is 6. The fourth-order valence-electron chi connectivity index (χ4n) is 4.06. The second-order valence-electron chi connectivity index (χ2n) is 7.04. The number of hydrogen-bond acceptors (Lipinski definition) is 2. The molecule has 0 saturated carbocycles. The maximum Gasteiger partial charge on any atom is 0.255 e. The number of nitrogens with zero attached hydrogens (tertiary/aromatic N) is 1. The summed E-state index contributed by atoms with van der Waals surface area (Å²) in [6.07, 6.45) is 1.90. The number of para-hydroxylation sites is 1. The van der Waals surface area contributed by atoms with Crippen LogP contribution < -0.4 is 5.32 Å². The summed E-state index contributed by atoms with van der Waals surface area (Å²) in [6.45, 7) is 6.44. The van der Waals surface area contributed by atoms with E-state index in [-0.39, 0.29) is 24.3 Å². The van der Waals surface area contributed by atoms with Crippen LogP contribution in [0.3, 0.4) is 0 Å². The van der Waals surface area contributed by atoms with Gasteiger partial charge >= 0.3 is 0 Å². The number of benzene rings is 2. The van der Waals surface area contributed by atoms with Gasteiger partial charge in [0.2, 0.25) is 5.91 Å². The van der Waals surface area contributed by atoms with Crippen molar-refractivity contribution in [2.75, 3.05) is 13.1 Å². The lowest BCUT2D eigenvalue weighted by Crippen LogP contribution is -2.34. The molecule has 28 heavy (non-hydrogen) atoms. The molecule has 0 saturated heterocycles. The molecule has 1 aliphatic heterocycles. The van der Waals surface area contributed by atoms with Crippen LogP contribution >= 0.6 is 0 Å². The summed E-state index contributed by atoms with van der Waals surface area (Å²) >= 11 is 0. The van der Waals surface area contributed by atoms with Gasteiger partial charge in [-0.2, -0.15) is 0 Å². The number of carbonyl (C=O) groups is 2. The lowest BCUT2D eigenvalue weighted by Gasteiger charge is -2.26. The monoisotopic (exact) mass is 373 g/mol. The second-order valence-corrected chi connectivity index (χ2v) is 7.04. The summed E-state index contributed by atoms with van der Waals surface area (Å²) in [5.74, 6) is -0.111. The molecule has 0 bridgehead atoms. The van der Waals surface area contributed by atoms with Gasteiger partial charge in [-0.3, -0.25) is 9.59 Å². The van der Waals surface area contributed by atoms with E-state index in [9.17, 15) is 9.59 Å². The van der Waals surface area contributed by atoms with E-state index in [0.717, 1.165) is 27.7 Å². The SMILES string of the molecule is C=CCNC(=O)CCN1C(=O)c2ccccc2C1c1c(C)[nH]c2ccccc12. The topological polar surface area (TPSA) is 65.2 Å². The maximum absolute atomic E-state index is 13.1. The molecule has 5 heteroatoms. The third-order valence-electron chi connectivity index (χ3n) is 5.30. The van der Waals surface area contributed by atoms with Crippen LogP contribution in [0.25, 0.3) is 10.9 Å². The van der Waals surface area contributed by atoms with Crippen LogP contribution in [0.2, 0.25) is 0 Å². The summed E-state index contributed by atoms with van der Waals surface area (Å²) in [5.41, 5.74) is 4.89. The first kappa shape index (κ1) is 18.0. The molecule has 0 spiro atoms. The molecule has 4 rings (SSSR count). The zero-order valence-corrected chi connectivity index (χ0v) is 15.9. The van der Waals surface area contributed by atoms with Crippen molar-refractivity contribution in [2.45, 2.75) is 19.4 Å². The summed E-state index contributed by atoms with van der Waals surface area (Å²) in [7, 11) is 0. The van der Waals surface area contributed by atoms with E-state index in [0.29, 0.717) is 18.7 Å². The number of aromatic amines is 1. The number of aryl methyl sites for hydroxylation is 1. The molecule has 1 atom stereocenters. The van der Waals surface area contributed by atoms with E-state index < -0.39 is 0 Å². The quantitative estimate of drug-likeness (QED) is 0.647. The Morgan fingerprint density at radius 3 is 2.79 bits per heavy atom. The number of amides is 2. The molecule has 1 aromatic heterocycles. The van der Waals surface area contributed by atoms with Gasteiger partial charge in [0, 0.05) is 47.2 Å². The van der Waals surface area contributed by atoms with Gasteiger partial charge in [-0.15, -0.1) is 6.58 Å². The van der Waals surface area contributed by atoms with Gasteiger partial charge in [0.15, 0.2) is 0 Å². The Bertz CT molecular complexity index is 1070. The third kappa shape index (κ3) is 2.99. The number of H-pyrrole nitrogens is 1. The molecule has 2 amide bonds. The van der Waals surface area contributed by atoms with Crippen LogP contribution in [0, 0.1) is 6.92 Å². The minimum Gasteiger partial charge on any atom is -0.358 e. The maximum atomic E-state index is 13.1. The van der Waals surface area contributed by atoms with Crippen molar-refractivity contribution in [1.82, 2.24) is 15.2 Å².